The Morgan fingerprint density at radius 1 is 1.50 bits per heavy atom. The molecule has 2 nitrogen and oxygen atoms in total. The van der Waals surface area contributed by atoms with Crippen LogP contribution in [-0.4, -0.2) is 38.5 Å². The third-order valence-corrected chi connectivity index (χ3v) is 7.96. The van der Waals surface area contributed by atoms with Gasteiger partial charge in [-0.05, 0) is 0 Å². The zero-order chi connectivity index (χ0) is 13.2. The number of ether oxygens (including phenoxy) is 1. The zero-order valence-electron chi connectivity index (χ0n) is 9.99. The number of carbonyl (C=O) groups excluding carboxylic acids is 1. The predicted octanol–water partition coefficient (Wildman–Crippen LogP) is 2.24. The average Bonchev–Trinajstić information content (AvgIpc) is 2.98. The first-order chi connectivity index (χ1) is 8.58. The fraction of sp³-hybridized carbons (Fsp3) is 0.462. The number of halogens is 2. The van der Waals surface area contributed by atoms with E-state index < -0.39 is 16.0 Å². The van der Waals surface area contributed by atoms with Crippen molar-refractivity contribution < 1.29 is 13.9 Å². The Labute approximate surface area is 121 Å². The summed E-state index contributed by atoms with van der Waals surface area (Å²) in [4.78, 5) is 11.7. The second kappa shape index (κ2) is 5.32. The summed E-state index contributed by atoms with van der Waals surface area (Å²) >= 11 is 3.27. The molecule has 1 fully saturated rings. The molecule has 0 aliphatic heterocycles. The van der Waals surface area contributed by atoms with Gasteiger partial charge in [-0.15, -0.1) is 0 Å². The van der Waals surface area contributed by atoms with Gasteiger partial charge in [0, 0.05) is 0 Å². The van der Waals surface area contributed by atoms with Crippen LogP contribution in [0.2, 0.25) is 4.31 Å². The summed E-state index contributed by atoms with van der Waals surface area (Å²) in [5.74, 6) is -0.706. The molecule has 1 aliphatic rings. The third kappa shape index (κ3) is 2.36. The molecule has 0 spiro atoms. The van der Waals surface area contributed by atoms with Crippen molar-refractivity contribution in [1.29, 1.82) is 0 Å². The fourth-order valence-electron chi connectivity index (χ4n) is 1.86. The SMILES string of the molecule is CCOC(=O)C1(F)CC1(CBr)[Se]c1ccccc1. The molecule has 0 N–H and O–H groups in total. The first-order valence-electron chi connectivity index (χ1n) is 5.74. The van der Waals surface area contributed by atoms with E-state index in [1.54, 1.807) is 6.92 Å². The van der Waals surface area contributed by atoms with Gasteiger partial charge in [0.15, 0.2) is 0 Å². The second-order valence-corrected chi connectivity index (χ2v) is 7.86. The van der Waals surface area contributed by atoms with Crippen molar-refractivity contribution in [3.05, 3.63) is 30.3 Å². The molecule has 18 heavy (non-hydrogen) atoms. The first kappa shape index (κ1) is 14.0. The van der Waals surface area contributed by atoms with Gasteiger partial charge in [-0.3, -0.25) is 0 Å². The minimum absolute atomic E-state index is 0.0841. The molecule has 0 saturated heterocycles. The van der Waals surface area contributed by atoms with Gasteiger partial charge in [0.2, 0.25) is 0 Å². The summed E-state index contributed by atoms with van der Waals surface area (Å²) in [6, 6.07) is 9.77. The van der Waals surface area contributed by atoms with Gasteiger partial charge in [-0.1, -0.05) is 0 Å². The van der Waals surface area contributed by atoms with Crippen molar-refractivity contribution in [2.24, 2.45) is 0 Å². The van der Waals surface area contributed by atoms with E-state index in [0.29, 0.717) is 5.33 Å². The number of hydrogen-bond acceptors (Lipinski definition) is 2. The third-order valence-electron chi connectivity index (χ3n) is 3.00. The molecule has 0 amide bonds. The van der Waals surface area contributed by atoms with E-state index in [1.807, 2.05) is 30.3 Å². The molecule has 0 bridgehead atoms. The quantitative estimate of drug-likeness (QED) is 0.445. The van der Waals surface area contributed by atoms with Crippen LogP contribution in [0.25, 0.3) is 0 Å². The summed E-state index contributed by atoms with van der Waals surface area (Å²) < 4.78 is 20.0. The van der Waals surface area contributed by atoms with Crippen molar-refractivity contribution in [3.8, 4) is 0 Å². The topological polar surface area (TPSA) is 26.3 Å². The van der Waals surface area contributed by atoms with Gasteiger partial charge in [0.1, 0.15) is 0 Å². The summed E-state index contributed by atoms with van der Waals surface area (Å²) in [7, 11) is 0. The first-order valence-corrected chi connectivity index (χ1v) is 8.57. The Bertz CT molecular complexity index is 442. The molecule has 1 aliphatic carbocycles. The summed E-state index contributed by atoms with van der Waals surface area (Å²) in [6.45, 7) is 1.92. The van der Waals surface area contributed by atoms with E-state index >= 15 is 0 Å². The van der Waals surface area contributed by atoms with Crippen LogP contribution in [0.1, 0.15) is 13.3 Å². The summed E-state index contributed by atoms with van der Waals surface area (Å²) in [5, 5.41) is 0.490. The van der Waals surface area contributed by atoms with Crippen LogP contribution < -0.4 is 4.46 Å². The van der Waals surface area contributed by atoms with Gasteiger partial charge >= 0.3 is 121 Å². The molecule has 1 saturated carbocycles. The van der Waals surface area contributed by atoms with E-state index in [0.717, 1.165) is 4.46 Å². The molecule has 0 aromatic heterocycles. The standard InChI is InChI=1S/C13H14BrFO2Se/c1-2-17-11(16)13(15)8-12(13,9-14)18-10-6-4-3-5-7-10/h3-7H,2,8-9H2,1H3. The molecule has 1 aromatic carbocycles. The molecule has 98 valence electrons. The van der Waals surface area contributed by atoms with Gasteiger partial charge in [0.05, 0.1) is 0 Å². The van der Waals surface area contributed by atoms with Gasteiger partial charge in [-0.2, -0.15) is 0 Å². The normalized spacial score (nSPS) is 29.9. The summed E-state index contributed by atoms with van der Waals surface area (Å²) in [5.41, 5.74) is -1.80. The molecule has 0 heterocycles. The van der Waals surface area contributed by atoms with Crippen LogP contribution in [0.3, 0.4) is 0 Å². The predicted molar refractivity (Wildman–Crippen MR) is 73.4 cm³/mol. The van der Waals surface area contributed by atoms with Gasteiger partial charge in [-0.25, -0.2) is 0 Å². The summed E-state index contributed by atoms with van der Waals surface area (Å²) in [6.07, 6.45) is 0.263. The number of rotatable bonds is 5. The van der Waals surface area contributed by atoms with E-state index in [4.69, 9.17) is 4.74 Å². The van der Waals surface area contributed by atoms with Gasteiger partial charge in [0.25, 0.3) is 0 Å². The number of esters is 1. The Morgan fingerprint density at radius 3 is 2.72 bits per heavy atom. The minimum atomic E-state index is -1.80. The van der Waals surface area contributed by atoms with Crippen LogP contribution in [0.5, 0.6) is 0 Å². The average molecular weight is 380 g/mol. The maximum atomic E-state index is 14.6. The molecule has 1 aromatic rings. The van der Waals surface area contributed by atoms with Crippen molar-refractivity contribution in [1.82, 2.24) is 0 Å². The molecule has 2 unspecified atom stereocenters. The Kier molecular flexibility index (Phi) is 4.15. The fourth-order valence-corrected chi connectivity index (χ4v) is 5.86. The van der Waals surface area contributed by atoms with Crippen LogP contribution in [0, 0.1) is 0 Å². The zero-order valence-corrected chi connectivity index (χ0v) is 13.3. The molecular weight excluding hydrogens is 366 g/mol. The number of benzene rings is 1. The molecular formula is C13H14BrFO2Se. The van der Waals surface area contributed by atoms with Crippen molar-refractivity contribution in [3.63, 3.8) is 0 Å². The van der Waals surface area contributed by atoms with Crippen molar-refractivity contribution >= 4 is 41.3 Å². The van der Waals surface area contributed by atoms with Crippen LogP contribution in [-0.2, 0) is 9.53 Å². The van der Waals surface area contributed by atoms with Crippen LogP contribution in [0.15, 0.2) is 30.3 Å². The Morgan fingerprint density at radius 2 is 2.17 bits per heavy atom. The van der Waals surface area contributed by atoms with E-state index in [1.165, 1.54) is 0 Å². The van der Waals surface area contributed by atoms with E-state index in [9.17, 15) is 9.18 Å². The Hall–Kier alpha value is -0.381. The molecule has 2 rings (SSSR count). The number of hydrogen-bond donors (Lipinski definition) is 0. The van der Waals surface area contributed by atoms with Crippen LogP contribution >= 0.6 is 15.9 Å². The molecule has 5 heteroatoms. The Balaban J connectivity index is 2.13. The molecule has 2 atom stereocenters. The van der Waals surface area contributed by atoms with E-state index in [2.05, 4.69) is 15.9 Å². The number of carbonyl (C=O) groups is 1. The van der Waals surface area contributed by atoms with Crippen LogP contribution in [0.4, 0.5) is 4.39 Å². The van der Waals surface area contributed by atoms with Gasteiger partial charge < -0.3 is 0 Å². The molecule has 0 radical (unpaired) electrons. The maximum absolute atomic E-state index is 14.6. The second-order valence-electron chi connectivity index (χ2n) is 4.24. The monoisotopic (exact) mass is 380 g/mol. The van der Waals surface area contributed by atoms with E-state index in [-0.39, 0.29) is 28.0 Å². The number of alkyl halides is 2. The van der Waals surface area contributed by atoms with Crippen molar-refractivity contribution in [2.75, 3.05) is 11.9 Å². The van der Waals surface area contributed by atoms with Crippen molar-refractivity contribution in [2.45, 2.75) is 23.3 Å².